The van der Waals surface area contributed by atoms with E-state index < -0.39 is 0 Å². The van der Waals surface area contributed by atoms with E-state index in [-0.39, 0.29) is 6.10 Å². The summed E-state index contributed by atoms with van der Waals surface area (Å²) in [6.07, 6.45) is 16.5. The Kier molecular flexibility index (Phi) is 9.66. The standard InChI is InChI=1S/C13H22O/c1-3-4-5-6-7-8-9-10-11-12-13(2)14/h3-8,13-14H,9-12H2,1-2H3. The summed E-state index contributed by atoms with van der Waals surface area (Å²) >= 11 is 0. The van der Waals surface area contributed by atoms with Gasteiger partial charge in [0, 0.05) is 0 Å². The van der Waals surface area contributed by atoms with Gasteiger partial charge in [-0.3, -0.25) is 0 Å². The monoisotopic (exact) mass is 194 g/mol. The maximum Gasteiger partial charge on any atom is 0.0512 e. The molecule has 0 rings (SSSR count). The van der Waals surface area contributed by atoms with Crippen molar-refractivity contribution in [2.75, 3.05) is 0 Å². The van der Waals surface area contributed by atoms with Gasteiger partial charge < -0.3 is 5.11 Å². The Morgan fingerprint density at radius 1 is 1.07 bits per heavy atom. The number of unbranched alkanes of at least 4 members (excludes halogenated alkanes) is 2. The normalized spacial score (nSPS) is 14.8. The molecule has 0 radical (unpaired) electrons. The van der Waals surface area contributed by atoms with Gasteiger partial charge in [-0.15, -0.1) is 0 Å². The molecule has 0 fully saturated rings. The summed E-state index contributed by atoms with van der Waals surface area (Å²) in [5.41, 5.74) is 0. The van der Waals surface area contributed by atoms with Gasteiger partial charge in [0.25, 0.3) is 0 Å². The van der Waals surface area contributed by atoms with Crippen molar-refractivity contribution < 1.29 is 5.11 Å². The van der Waals surface area contributed by atoms with E-state index in [2.05, 4.69) is 12.2 Å². The van der Waals surface area contributed by atoms with Crippen molar-refractivity contribution in [3.63, 3.8) is 0 Å². The number of hydrogen-bond acceptors (Lipinski definition) is 1. The summed E-state index contributed by atoms with van der Waals surface area (Å²) in [6, 6.07) is 0. The Morgan fingerprint density at radius 2 is 1.79 bits per heavy atom. The average Bonchev–Trinajstić information content (AvgIpc) is 2.15. The van der Waals surface area contributed by atoms with Gasteiger partial charge >= 0.3 is 0 Å². The first-order chi connectivity index (χ1) is 6.77. The van der Waals surface area contributed by atoms with E-state index in [1.54, 1.807) is 0 Å². The lowest BCUT2D eigenvalue weighted by Gasteiger charge is -2.00. The van der Waals surface area contributed by atoms with Crippen LogP contribution in [-0.2, 0) is 0 Å². The second kappa shape index (κ2) is 10.3. The van der Waals surface area contributed by atoms with Gasteiger partial charge in [0.15, 0.2) is 0 Å². The molecule has 0 aromatic heterocycles. The van der Waals surface area contributed by atoms with Gasteiger partial charge in [0.1, 0.15) is 0 Å². The molecule has 1 nitrogen and oxygen atoms in total. The zero-order valence-electron chi connectivity index (χ0n) is 9.32. The first kappa shape index (κ1) is 13.2. The SMILES string of the molecule is CC=CC=CC=CCCCCC(C)O. The summed E-state index contributed by atoms with van der Waals surface area (Å²) in [4.78, 5) is 0. The fourth-order valence-electron chi connectivity index (χ4n) is 1.12. The quantitative estimate of drug-likeness (QED) is 0.485. The minimum atomic E-state index is -0.145. The second-order valence-electron chi connectivity index (χ2n) is 3.47. The molecule has 0 aliphatic heterocycles. The lowest BCUT2D eigenvalue weighted by molar-refractivity contribution is 0.181. The van der Waals surface area contributed by atoms with E-state index in [0.717, 1.165) is 19.3 Å². The Hall–Kier alpha value is -0.820. The van der Waals surface area contributed by atoms with E-state index in [0.29, 0.717) is 0 Å². The maximum atomic E-state index is 9.02. The molecule has 0 spiro atoms. The fourth-order valence-corrected chi connectivity index (χ4v) is 1.12. The molecule has 80 valence electrons. The fraction of sp³-hybridized carbons (Fsp3) is 0.538. The molecule has 1 atom stereocenters. The first-order valence-electron chi connectivity index (χ1n) is 5.40. The van der Waals surface area contributed by atoms with Gasteiger partial charge in [0.05, 0.1) is 6.10 Å². The van der Waals surface area contributed by atoms with E-state index >= 15 is 0 Å². The van der Waals surface area contributed by atoms with Crippen LogP contribution in [0.2, 0.25) is 0 Å². The van der Waals surface area contributed by atoms with Gasteiger partial charge in [0.2, 0.25) is 0 Å². The molecule has 0 aliphatic carbocycles. The van der Waals surface area contributed by atoms with E-state index in [4.69, 9.17) is 5.11 Å². The van der Waals surface area contributed by atoms with Crippen LogP contribution < -0.4 is 0 Å². The van der Waals surface area contributed by atoms with Crippen molar-refractivity contribution in [3.8, 4) is 0 Å². The third kappa shape index (κ3) is 11.2. The lowest BCUT2D eigenvalue weighted by Crippen LogP contribution is -1.97. The minimum Gasteiger partial charge on any atom is -0.393 e. The van der Waals surface area contributed by atoms with Crippen LogP contribution in [0.1, 0.15) is 39.5 Å². The molecule has 1 N–H and O–H groups in total. The number of rotatable bonds is 7. The van der Waals surface area contributed by atoms with Crippen LogP contribution in [0.15, 0.2) is 36.5 Å². The molecule has 1 heteroatoms. The molecule has 0 saturated carbocycles. The van der Waals surface area contributed by atoms with Crippen molar-refractivity contribution in [2.45, 2.75) is 45.6 Å². The van der Waals surface area contributed by atoms with Crippen LogP contribution in [0.25, 0.3) is 0 Å². The van der Waals surface area contributed by atoms with Gasteiger partial charge in [-0.2, -0.15) is 0 Å². The molecule has 0 aliphatic rings. The summed E-state index contributed by atoms with van der Waals surface area (Å²) in [5.74, 6) is 0. The molecule has 0 aromatic rings. The molecule has 0 bridgehead atoms. The number of aliphatic hydroxyl groups excluding tert-OH is 1. The highest BCUT2D eigenvalue weighted by molar-refractivity contribution is 5.10. The molecule has 14 heavy (non-hydrogen) atoms. The Morgan fingerprint density at radius 3 is 2.43 bits per heavy atom. The van der Waals surface area contributed by atoms with Crippen molar-refractivity contribution in [2.24, 2.45) is 0 Å². The highest BCUT2D eigenvalue weighted by atomic mass is 16.3. The molecule has 0 aromatic carbocycles. The Labute approximate surface area is 87.8 Å². The molecule has 0 saturated heterocycles. The average molecular weight is 194 g/mol. The van der Waals surface area contributed by atoms with Crippen LogP contribution in [0.4, 0.5) is 0 Å². The molecule has 1 unspecified atom stereocenters. The van der Waals surface area contributed by atoms with E-state index in [1.807, 2.05) is 38.2 Å². The third-order valence-corrected chi connectivity index (χ3v) is 1.90. The molecule has 0 amide bonds. The van der Waals surface area contributed by atoms with Crippen LogP contribution >= 0.6 is 0 Å². The topological polar surface area (TPSA) is 20.2 Å². The molecule has 0 heterocycles. The summed E-state index contributed by atoms with van der Waals surface area (Å²) in [5, 5.41) is 9.02. The van der Waals surface area contributed by atoms with Crippen molar-refractivity contribution in [1.82, 2.24) is 0 Å². The molecular formula is C13H22O. The zero-order valence-corrected chi connectivity index (χ0v) is 9.32. The molecular weight excluding hydrogens is 172 g/mol. The number of allylic oxidation sites excluding steroid dienone is 6. The predicted molar refractivity (Wildman–Crippen MR) is 63.2 cm³/mol. The van der Waals surface area contributed by atoms with Gasteiger partial charge in [-0.1, -0.05) is 42.9 Å². The zero-order chi connectivity index (χ0) is 10.6. The lowest BCUT2D eigenvalue weighted by atomic mass is 10.1. The highest BCUT2D eigenvalue weighted by Gasteiger charge is 1.92. The largest absolute Gasteiger partial charge is 0.393 e. The van der Waals surface area contributed by atoms with Crippen molar-refractivity contribution in [1.29, 1.82) is 0 Å². The first-order valence-corrected chi connectivity index (χ1v) is 5.40. The summed E-state index contributed by atoms with van der Waals surface area (Å²) in [6.45, 7) is 3.85. The van der Waals surface area contributed by atoms with Crippen LogP contribution in [0.5, 0.6) is 0 Å². The Balaban J connectivity index is 3.27. The van der Waals surface area contributed by atoms with Crippen LogP contribution in [-0.4, -0.2) is 11.2 Å². The van der Waals surface area contributed by atoms with Crippen LogP contribution in [0.3, 0.4) is 0 Å². The van der Waals surface area contributed by atoms with E-state index in [9.17, 15) is 0 Å². The summed E-state index contributed by atoms with van der Waals surface area (Å²) in [7, 11) is 0. The van der Waals surface area contributed by atoms with Gasteiger partial charge in [-0.05, 0) is 33.1 Å². The second-order valence-corrected chi connectivity index (χ2v) is 3.47. The predicted octanol–water partition coefficient (Wildman–Crippen LogP) is 3.62. The van der Waals surface area contributed by atoms with Gasteiger partial charge in [-0.25, -0.2) is 0 Å². The van der Waals surface area contributed by atoms with Crippen LogP contribution in [0, 0.1) is 0 Å². The maximum absolute atomic E-state index is 9.02. The van der Waals surface area contributed by atoms with E-state index in [1.165, 1.54) is 6.42 Å². The minimum absolute atomic E-state index is 0.145. The third-order valence-electron chi connectivity index (χ3n) is 1.90. The van der Waals surface area contributed by atoms with Crippen molar-refractivity contribution in [3.05, 3.63) is 36.5 Å². The smallest absolute Gasteiger partial charge is 0.0512 e. The van der Waals surface area contributed by atoms with Crippen molar-refractivity contribution >= 4 is 0 Å². The Bertz CT molecular complexity index is 187. The number of hydrogen-bond donors (Lipinski definition) is 1. The number of aliphatic hydroxyl groups is 1. The highest BCUT2D eigenvalue weighted by Crippen LogP contribution is 2.03. The summed E-state index contributed by atoms with van der Waals surface area (Å²) < 4.78 is 0.